The Balaban J connectivity index is 1.55. The zero-order valence-electron chi connectivity index (χ0n) is 14.3. The van der Waals surface area contributed by atoms with Gasteiger partial charge in [-0.1, -0.05) is 30.3 Å². The van der Waals surface area contributed by atoms with E-state index < -0.39 is 5.97 Å². The van der Waals surface area contributed by atoms with Gasteiger partial charge in [-0.2, -0.15) is 0 Å². The van der Waals surface area contributed by atoms with Crippen LogP contribution < -0.4 is 5.32 Å². The minimum atomic E-state index is -0.801. The van der Waals surface area contributed by atoms with Crippen LogP contribution in [0.15, 0.2) is 36.5 Å². The van der Waals surface area contributed by atoms with E-state index in [9.17, 15) is 9.59 Å². The number of imidazole rings is 1. The maximum atomic E-state index is 12.3. The molecule has 0 aliphatic heterocycles. The van der Waals surface area contributed by atoms with Crippen molar-refractivity contribution in [3.8, 4) is 0 Å². The Morgan fingerprint density at radius 3 is 2.64 bits per heavy atom. The average Bonchev–Trinajstić information content (AvgIpc) is 3.23. The van der Waals surface area contributed by atoms with Gasteiger partial charge in [-0.05, 0) is 24.8 Å². The van der Waals surface area contributed by atoms with Gasteiger partial charge in [0.1, 0.15) is 5.82 Å². The number of carboxylic acid groups (broad SMARTS) is 1. The molecule has 0 unspecified atom stereocenters. The van der Waals surface area contributed by atoms with E-state index in [0.29, 0.717) is 25.8 Å². The lowest BCUT2D eigenvalue weighted by atomic mass is 10.0. The number of aromatic nitrogens is 2. The van der Waals surface area contributed by atoms with Crippen molar-refractivity contribution in [3.05, 3.63) is 53.6 Å². The number of carbonyl (C=O) groups is 2. The zero-order valence-corrected chi connectivity index (χ0v) is 14.3. The first-order valence-electron chi connectivity index (χ1n) is 8.58. The lowest BCUT2D eigenvalue weighted by Crippen LogP contribution is -2.30. The minimum Gasteiger partial charge on any atom is -0.481 e. The summed E-state index contributed by atoms with van der Waals surface area (Å²) in [4.78, 5) is 27.7. The first-order valence-corrected chi connectivity index (χ1v) is 8.58. The molecule has 1 saturated carbocycles. The monoisotopic (exact) mass is 341 g/mol. The molecule has 6 heteroatoms. The van der Waals surface area contributed by atoms with E-state index in [1.54, 1.807) is 0 Å². The van der Waals surface area contributed by atoms with E-state index in [2.05, 4.69) is 22.4 Å². The van der Waals surface area contributed by atoms with Crippen molar-refractivity contribution in [1.29, 1.82) is 0 Å². The first-order chi connectivity index (χ1) is 12.0. The largest absolute Gasteiger partial charge is 0.481 e. The molecule has 2 atom stereocenters. The molecular weight excluding hydrogens is 318 g/mol. The average molecular weight is 341 g/mol. The van der Waals surface area contributed by atoms with E-state index in [1.165, 1.54) is 5.56 Å². The van der Waals surface area contributed by atoms with Gasteiger partial charge in [-0.15, -0.1) is 0 Å². The van der Waals surface area contributed by atoms with E-state index in [0.717, 1.165) is 17.9 Å². The van der Waals surface area contributed by atoms with Crippen LogP contribution in [-0.2, 0) is 29.6 Å². The number of amides is 1. The molecule has 0 bridgehead atoms. The maximum Gasteiger partial charge on any atom is 0.306 e. The van der Waals surface area contributed by atoms with Crippen molar-refractivity contribution in [2.75, 3.05) is 0 Å². The predicted octanol–water partition coefficient (Wildman–Crippen LogP) is 2.13. The lowest BCUT2D eigenvalue weighted by Gasteiger charge is -2.11. The van der Waals surface area contributed by atoms with Gasteiger partial charge in [-0.25, -0.2) is 4.98 Å². The van der Waals surface area contributed by atoms with Crippen LogP contribution in [0.4, 0.5) is 0 Å². The van der Waals surface area contributed by atoms with Crippen molar-refractivity contribution in [2.24, 2.45) is 18.9 Å². The Kier molecular flexibility index (Phi) is 5.16. The van der Waals surface area contributed by atoms with Crippen LogP contribution in [0.25, 0.3) is 0 Å². The van der Waals surface area contributed by atoms with Gasteiger partial charge in [0, 0.05) is 31.3 Å². The zero-order chi connectivity index (χ0) is 17.8. The van der Waals surface area contributed by atoms with Crippen molar-refractivity contribution in [1.82, 2.24) is 14.9 Å². The van der Waals surface area contributed by atoms with Crippen molar-refractivity contribution in [2.45, 2.75) is 32.2 Å². The molecule has 25 heavy (non-hydrogen) atoms. The van der Waals surface area contributed by atoms with Crippen LogP contribution >= 0.6 is 0 Å². The molecular formula is C19H23N3O3. The Morgan fingerprint density at radius 1 is 1.24 bits per heavy atom. The Hall–Kier alpha value is -2.63. The highest BCUT2D eigenvalue weighted by molar-refractivity contribution is 5.80. The second-order valence-electron chi connectivity index (χ2n) is 6.65. The number of carbonyl (C=O) groups excluding carboxylic acids is 1. The third kappa shape index (κ3) is 4.07. The third-order valence-corrected chi connectivity index (χ3v) is 4.98. The van der Waals surface area contributed by atoms with Crippen LogP contribution in [-0.4, -0.2) is 26.5 Å². The number of aliphatic carboxylic acids is 1. The van der Waals surface area contributed by atoms with Crippen LogP contribution in [0.5, 0.6) is 0 Å². The fraction of sp³-hybridized carbons (Fsp3) is 0.421. The number of rotatable bonds is 6. The van der Waals surface area contributed by atoms with Gasteiger partial charge < -0.3 is 15.0 Å². The molecule has 0 radical (unpaired) electrons. The Labute approximate surface area is 146 Å². The second-order valence-corrected chi connectivity index (χ2v) is 6.65. The second kappa shape index (κ2) is 7.51. The topological polar surface area (TPSA) is 84.2 Å². The Bertz CT molecular complexity index is 755. The van der Waals surface area contributed by atoms with Gasteiger partial charge >= 0.3 is 5.97 Å². The molecule has 1 aliphatic carbocycles. The minimum absolute atomic E-state index is 0.0728. The van der Waals surface area contributed by atoms with Crippen LogP contribution in [0.2, 0.25) is 0 Å². The van der Waals surface area contributed by atoms with Gasteiger partial charge in [0.15, 0.2) is 0 Å². The number of benzene rings is 1. The highest BCUT2D eigenvalue weighted by atomic mass is 16.4. The van der Waals surface area contributed by atoms with Crippen LogP contribution in [0.1, 0.15) is 36.3 Å². The summed E-state index contributed by atoms with van der Waals surface area (Å²) in [6.07, 6.45) is 4.28. The van der Waals surface area contributed by atoms with Crippen LogP contribution in [0.3, 0.4) is 0 Å². The fourth-order valence-corrected chi connectivity index (χ4v) is 3.38. The van der Waals surface area contributed by atoms with Gasteiger partial charge in [0.25, 0.3) is 0 Å². The highest BCUT2D eigenvalue weighted by Crippen LogP contribution is 2.31. The molecule has 1 fully saturated rings. The smallest absolute Gasteiger partial charge is 0.306 e. The molecule has 3 rings (SSSR count). The highest BCUT2D eigenvalue weighted by Gasteiger charge is 2.33. The lowest BCUT2D eigenvalue weighted by molar-refractivity contribution is -0.141. The summed E-state index contributed by atoms with van der Waals surface area (Å²) >= 11 is 0. The molecule has 1 amide bonds. The quantitative estimate of drug-likeness (QED) is 0.843. The summed E-state index contributed by atoms with van der Waals surface area (Å²) in [5.74, 6) is -0.667. The molecule has 1 heterocycles. The van der Waals surface area contributed by atoms with Crippen molar-refractivity contribution >= 4 is 11.9 Å². The molecule has 132 valence electrons. The van der Waals surface area contributed by atoms with Crippen molar-refractivity contribution < 1.29 is 14.7 Å². The molecule has 1 aliphatic rings. The predicted molar refractivity (Wildman–Crippen MR) is 92.8 cm³/mol. The van der Waals surface area contributed by atoms with Gasteiger partial charge in [-0.3, -0.25) is 9.59 Å². The molecule has 0 saturated heterocycles. The number of carboxylic acids is 1. The summed E-state index contributed by atoms with van der Waals surface area (Å²) in [6, 6.07) is 10.2. The number of hydrogen-bond donors (Lipinski definition) is 2. The van der Waals surface area contributed by atoms with E-state index in [-0.39, 0.29) is 17.7 Å². The molecule has 0 spiro atoms. The number of nitrogens with one attached hydrogen (secondary N) is 1. The maximum absolute atomic E-state index is 12.3. The van der Waals surface area contributed by atoms with E-state index in [1.807, 2.05) is 36.0 Å². The van der Waals surface area contributed by atoms with Gasteiger partial charge in [0.2, 0.25) is 5.91 Å². The molecule has 1 aromatic heterocycles. The standard InChI is InChI=1S/C19H23N3O3/c1-22-16(9-13-5-3-2-4-6-13)11-20-17(22)12-21-18(23)14-7-8-15(10-14)19(24)25/h2-6,11,14-15H,7-10,12H2,1H3,(H,21,23)(H,24,25)/t14-,15+/m1/s1. The number of nitrogens with zero attached hydrogens (tertiary/aromatic N) is 2. The summed E-state index contributed by atoms with van der Waals surface area (Å²) < 4.78 is 2.00. The summed E-state index contributed by atoms with van der Waals surface area (Å²) in [7, 11) is 1.95. The number of hydrogen-bond acceptors (Lipinski definition) is 3. The van der Waals surface area contributed by atoms with Crippen LogP contribution in [0, 0.1) is 11.8 Å². The fourth-order valence-electron chi connectivity index (χ4n) is 3.38. The third-order valence-electron chi connectivity index (χ3n) is 4.98. The molecule has 2 aromatic rings. The van der Waals surface area contributed by atoms with Gasteiger partial charge in [0.05, 0.1) is 12.5 Å². The molecule has 1 aromatic carbocycles. The summed E-state index contributed by atoms with van der Waals surface area (Å²) in [6.45, 7) is 0.359. The molecule has 2 N–H and O–H groups in total. The normalized spacial score (nSPS) is 19.7. The summed E-state index contributed by atoms with van der Waals surface area (Å²) in [5, 5.41) is 11.9. The van der Waals surface area contributed by atoms with Crippen molar-refractivity contribution in [3.63, 3.8) is 0 Å². The van der Waals surface area contributed by atoms with E-state index in [4.69, 9.17) is 5.11 Å². The molecule has 6 nitrogen and oxygen atoms in total. The first kappa shape index (κ1) is 17.2. The van der Waals surface area contributed by atoms with E-state index >= 15 is 0 Å². The SMILES string of the molecule is Cn1c(Cc2ccccc2)cnc1CNC(=O)[C@@H]1CC[C@H](C(=O)O)C1. The Morgan fingerprint density at radius 2 is 1.96 bits per heavy atom. The summed E-state index contributed by atoms with van der Waals surface area (Å²) in [5.41, 5.74) is 2.30.